The van der Waals surface area contributed by atoms with Gasteiger partial charge in [-0.15, -0.1) is 0 Å². The molecule has 1 saturated carbocycles. The van der Waals surface area contributed by atoms with Crippen molar-refractivity contribution in [2.24, 2.45) is 11.1 Å². The molecule has 0 spiro atoms. The van der Waals surface area contributed by atoms with Gasteiger partial charge in [0.25, 0.3) is 0 Å². The van der Waals surface area contributed by atoms with Crippen molar-refractivity contribution >= 4 is 21.7 Å². The summed E-state index contributed by atoms with van der Waals surface area (Å²) in [4.78, 5) is 12.4. The van der Waals surface area contributed by atoms with Crippen molar-refractivity contribution in [3.8, 4) is 0 Å². The number of halogens is 1. The molecule has 1 aliphatic carbocycles. The molecule has 92 valence electrons. The molecule has 0 saturated heterocycles. The zero-order valence-electron chi connectivity index (χ0n) is 9.92. The van der Waals surface area contributed by atoms with Gasteiger partial charge >= 0.3 is 0 Å². The minimum Gasteiger partial charge on any atom is -0.329 e. The maximum absolute atomic E-state index is 12.4. The number of carbonyl (C=O) groups excluding carboxylic acids is 1. The van der Waals surface area contributed by atoms with E-state index >= 15 is 0 Å². The molecular weight excluding hydrogens is 278 g/mol. The van der Waals surface area contributed by atoms with Crippen molar-refractivity contribution in [1.29, 1.82) is 0 Å². The second kappa shape index (κ2) is 5.32. The van der Waals surface area contributed by atoms with Crippen molar-refractivity contribution in [2.75, 3.05) is 6.54 Å². The summed E-state index contributed by atoms with van der Waals surface area (Å²) in [5, 5.41) is 0. The van der Waals surface area contributed by atoms with Gasteiger partial charge in [0.15, 0.2) is 0 Å². The van der Waals surface area contributed by atoms with E-state index in [4.69, 9.17) is 5.73 Å². The Labute approximate surface area is 111 Å². The third-order valence-corrected chi connectivity index (χ3v) is 4.29. The highest BCUT2D eigenvalue weighted by atomic mass is 79.9. The number of benzene rings is 1. The standard InChI is InChI=1S/C14H18BrNO/c15-12-5-3-4-11(8-12)9-13(17)14(10-16)6-1-2-7-14/h3-5,8H,1-2,6-7,9-10,16H2. The van der Waals surface area contributed by atoms with Crippen LogP contribution in [0.4, 0.5) is 0 Å². The lowest BCUT2D eigenvalue weighted by Gasteiger charge is -2.25. The molecule has 1 aliphatic rings. The lowest BCUT2D eigenvalue weighted by atomic mass is 9.79. The van der Waals surface area contributed by atoms with E-state index in [1.807, 2.05) is 24.3 Å². The van der Waals surface area contributed by atoms with Gasteiger partial charge in [-0.3, -0.25) is 4.79 Å². The van der Waals surface area contributed by atoms with E-state index in [-0.39, 0.29) is 5.41 Å². The van der Waals surface area contributed by atoms with Gasteiger partial charge in [0.2, 0.25) is 0 Å². The molecule has 0 bridgehead atoms. The highest BCUT2D eigenvalue weighted by Gasteiger charge is 2.38. The van der Waals surface area contributed by atoms with Crippen LogP contribution in [0.1, 0.15) is 31.2 Å². The molecule has 0 radical (unpaired) electrons. The van der Waals surface area contributed by atoms with Crippen LogP contribution in [0.25, 0.3) is 0 Å². The number of nitrogens with two attached hydrogens (primary N) is 1. The van der Waals surface area contributed by atoms with E-state index in [1.165, 1.54) is 0 Å². The van der Waals surface area contributed by atoms with Gasteiger partial charge < -0.3 is 5.73 Å². The smallest absolute Gasteiger partial charge is 0.144 e. The molecule has 2 rings (SSSR count). The molecule has 3 heteroatoms. The van der Waals surface area contributed by atoms with Gasteiger partial charge in [-0.25, -0.2) is 0 Å². The summed E-state index contributed by atoms with van der Waals surface area (Å²) in [6.07, 6.45) is 4.73. The van der Waals surface area contributed by atoms with Crippen molar-refractivity contribution in [3.05, 3.63) is 34.3 Å². The number of ketones is 1. The molecule has 0 aliphatic heterocycles. The highest BCUT2D eigenvalue weighted by Crippen LogP contribution is 2.38. The molecule has 0 aromatic heterocycles. The van der Waals surface area contributed by atoms with Gasteiger partial charge in [-0.2, -0.15) is 0 Å². The van der Waals surface area contributed by atoms with Crippen LogP contribution >= 0.6 is 15.9 Å². The first kappa shape index (κ1) is 12.8. The molecule has 1 fully saturated rings. The topological polar surface area (TPSA) is 43.1 Å². The second-order valence-electron chi connectivity index (χ2n) is 4.92. The molecule has 1 aromatic carbocycles. The lowest BCUT2D eigenvalue weighted by Crippen LogP contribution is -2.37. The Balaban J connectivity index is 2.10. The van der Waals surface area contributed by atoms with Gasteiger partial charge in [0.1, 0.15) is 5.78 Å². The summed E-state index contributed by atoms with van der Waals surface area (Å²) < 4.78 is 1.02. The van der Waals surface area contributed by atoms with E-state index in [0.29, 0.717) is 18.7 Å². The van der Waals surface area contributed by atoms with Crippen molar-refractivity contribution < 1.29 is 4.79 Å². The van der Waals surface area contributed by atoms with Crippen LogP contribution in [0.5, 0.6) is 0 Å². The maximum Gasteiger partial charge on any atom is 0.144 e. The van der Waals surface area contributed by atoms with Gasteiger partial charge in [0, 0.05) is 22.9 Å². The van der Waals surface area contributed by atoms with E-state index in [9.17, 15) is 4.79 Å². The monoisotopic (exact) mass is 295 g/mol. The quantitative estimate of drug-likeness (QED) is 0.928. The molecule has 1 aromatic rings. The van der Waals surface area contributed by atoms with E-state index in [0.717, 1.165) is 35.7 Å². The summed E-state index contributed by atoms with van der Waals surface area (Å²) in [5.74, 6) is 0.315. The van der Waals surface area contributed by atoms with Gasteiger partial charge in [-0.05, 0) is 30.5 Å². The summed E-state index contributed by atoms with van der Waals surface area (Å²) >= 11 is 3.43. The fourth-order valence-electron chi connectivity index (χ4n) is 2.67. The van der Waals surface area contributed by atoms with Crippen molar-refractivity contribution in [2.45, 2.75) is 32.1 Å². The fourth-order valence-corrected chi connectivity index (χ4v) is 3.12. The highest BCUT2D eigenvalue weighted by molar-refractivity contribution is 9.10. The fraction of sp³-hybridized carbons (Fsp3) is 0.500. The average molecular weight is 296 g/mol. The van der Waals surface area contributed by atoms with Crippen molar-refractivity contribution in [3.63, 3.8) is 0 Å². The van der Waals surface area contributed by atoms with Crippen LogP contribution in [0.2, 0.25) is 0 Å². The molecule has 2 nitrogen and oxygen atoms in total. The Bertz CT molecular complexity index is 410. The molecule has 0 heterocycles. The molecule has 0 atom stereocenters. The Hall–Kier alpha value is -0.670. The van der Waals surface area contributed by atoms with Crippen LogP contribution in [0, 0.1) is 5.41 Å². The zero-order chi connectivity index (χ0) is 12.3. The summed E-state index contributed by atoms with van der Waals surface area (Å²) in [6, 6.07) is 7.96. The molecular formula is C14H18BrNO. The average Bonchev–Trinajstić information content (AvgIpc) is 2.78. The van der Waals surface area contributed by atoms with E-state index < -0.39 is 0 Å². The van der Waals surface area contributed by atoms with Crippen LogP contribution in [-0.2, 0) is 11.2 Å². The molecule has 0 amide bonds. The van der Waals surface area contributed by atoms with Crippen LogP contribution in [-0.4, -0.2) is 12.3 Å². The minimum absolute atomic E-state index is 0.234. The first-order valence-corrected chi connectivity index (χ1v) is 6.93. The summed E-state index contributed by atoms with van der Waals surface area (Å²) in [6.45, 7) is 0.500. The number of hydrogen-bond acceptors (Lipinski definition) is 2. The van der Waals surface area contributed by atoms with Gasteiger partial charge in [-0.1, -0.05) is 40.9 Å². The molecule has 2 N–H and O–H groups in total. The predicted octanol–water partition coefficient (Wildman–Crippen LogP) is 3.08. The van der Waals surface area contributed by atoms with E-state index in [1.54, 1.807) is 0 Å². The summed E-state index contributed by atoms with van der Waals surface area (Å²) in [7, 11) is 0. The Kier molecular flexibility index (Phi) is 4.00. The maximum atomic E-state index is 12.4. The predicted molar refractivity (Wildman–Crippen MR) is 72.8 cm³/mol. The third-order valence-electron chi connectivity index (χ3n) is 3.80. The number of hydrogen-bond donors (Lipinski definition) is 1. The molecule has 0 unspecified atom stereocenters. The van der Waals surface area contributed by atoms with Crippen molar-refractivity contribution in [1.82, 2.24) is 0 Å². The SMILES string of the molecule is NCC1(C(=O)Cc2cccc(Br)c2)CCCC1. The van der Waals surface area contributed by atoms with E-state index in [2.05, 4.69) is 15.9 Å². The zero-order valence-corrected chi connectivity index (χ0v) is 11.5. The second-order valence-corrected chi connectivity index (χ2v) is 5.84. The number of rotatable bonds is 4. The number of Topliss-reactive ketones (excluding diaryl/α,β-unsaturated/α-hetero) is 1. The van der Waals surface area contributed by atoms with Gasteiger partial charge in [0.05, 0.1) is 0 Å². The summed E-state index contributed by atoms with van der Waals surface area (Å²) in [5.41, 5.74) is 6.66. The van der Waals surface area contributed by atoms with Crippen LogP contribution in [0.15, 0.2) is 28.7 Å². The Morgan fingerprint density at radius 1 is 1.35 bits per heavy atom. The Morgan fingerprint density at radius 2 is 2.06 bits per heavy atom. The third kappa shape index (κ3) is 2.78. The lowest BCUT2D eigenvalue weighted by molar-refractivity contribution is -0.127. The van der Waals surface area contributed by atoms with Crippen LogP contribution < -0.4 is 5.73 Å². The largest absolute Gasteiger partial charge is 0.329 e. The Morgan fingerprint density at radius 3 is 2.65 bits per heavy atom. The molecule has 17 heavy (non-hydrogen) atoms. The first-order valence-electron chi connectivity index (χ1n) is 6.14. The first-order chi connectivity index (χ1) is 8.16. The van der Waals surface area contributed by atoms with Crippen LogP contribution in [0.3, 0.4) is 0 Å². The minimum atomic E-state index is -0.234. The number of carbonyl (C=O) groups is 1. The normalized spacial score (nSPS) is 18.2.